The van der Waals surface area contributed by atoms with Crippen LogP contribution >= 0.6 is 23.1 Å². The summed E-state index contributed by atoms with van der Waals surface area (Å²) in [6.07, 6.45) is 1.98. The van der Waals surface area contributed by atoms with Crippen LogP contribution in [0.1, 0.15) is 0 Å². The number of halogens is 1. The molecule has 1 amide bonds. The maximum Gasteiger partial charge on any atom is 0.284 e. The molecule has 1 aromatic heterocycles. The van der Waals surface area contributed by atoms with Crippen LogP contribution in [0.3, 0.4) is 0 Å². The van der Waals surface area contributed by atoms with Crippen LogP contribution in [0, 0.1) is 0 Å². The van der Waals surface area contributed by atoms with Crippen LogP contribution < -0.4 is 14.6 Å². The van der Waals surface area contributed by atoms with Crippen molar-refractivity contribution in [2.75, 3.05) is 31.2 Å². The predicted molar refractivity (Wildman–Crippen MR) is 87.2 cm³/mol. The molecule has 22 heavy (non-hydrogen) atoms. The third-order valence-electron chi connectivity index (χ3n) is 3.47. The summed E-state index contributed by atoms with van der Waals surface area (Å²) in [6, 6.07) is 7.72. The molecule has 2 heterocycles. The van der Waals surface area contributed by atoms with Crippen molar-refractivity contribution in [2.24, 2.45) is 5.73 Å². The minimum absolute atomic E-state index is 0.190. The molecular weight excluding hydrogens is 322 g/mol. The largest absolute Gasteiger partial charge is 0.378 e. The average molecular weight is 339 g/mol. The molecule has 0 atom stereocenters. The van der Waals surface area contributed by atoms with Crippen LogP contribution in [-0.2, 0) is 16.1 Å². The Balaban J connectivity index is 1.99. The van der Waals surface area contributed by atoms with E-state index in [1.165, 1.54) is 0 Å². The molecular formula is C15H17ClN3O2S+. The van der Waals surface area contributed by atoms with E-state index >= 15 is 0 Å². The third-order valence-corrected chi connectivity index (χ3v) is 4.84. The molecule has 0 bridgehead atoms. The number of hydrogen-bond donors (Lipinski definition) is 1. The lowest BCUT2D eigenvalue weighted by Gasteiger charge is -2.26. The van der Waals surface area contributed by atoms with E-state index in [0.29, 0.717) is 18.2 Å². The topological polar surface area (TPSA) is 59.4 Å². The number of hydrogen-bond acceptors (Lipinski definition) is 4. The number of nitrogens with zero attached hydrogens (tertiary/aromatic N) is 2. The number of rotatable bonds is 4. The molecule has 1 aliphatic rings. The Hall–Kier alpha value is -1.63. The van der Waals surface area contributed by atoms with Crippen LogP contribution in [0.2, 0.25) is 5.02 Å². The van der Waals surface area contributed by atoms with Crippen molar-refractivity contribution in [3.63, 3.8) is 0 Å². The summed E-state index contributed by atoms with van der Waals surface area (Å²) in [4.78, 5) is 13.5. The zero-order chi connectivity index (χ0) is 15.5. The van der Waals surface area contributed by atoms with Gasteiger partial charge in [0, 0.05) is 18.1 Å². The maximum atomic E-state index is 11.2. The van der Waals surface area contributed by atoms with Gasteiger partial charge in [0.1, 0.15) is 0 Å². The van der Waals surface area contributed by atoms with Crippen LogP contribution in [0.15, 0.2) is 30.5 Å². The van der Waals surface area contributed by atoms with E-state index in [1.54, 1.807) is 11.5 Å². The van der Waals surface area contributed by atoms with Crippen LogP contribution in [0.4, 0.5) is 5.00 Å². The Morgan fingerprint density at radius 1 is 1.32 bits per heavy atom. The summed E-state index contributed by atoms with van der Waals surface area (Å²) in [7, 11) is 0. The molecule has 0 radical (unpaired) electrons. The van der Waals surface area contributed by atoms with Gasteiger partial charge in [-0.1, -0.05) is 23.7 Å². The number of ether oxygens (including phenoxy) is 1. The van der Waals surface area contributed by atoms with E-state index in [-0.39, 0.29) is 12.5 Å². The first-order valence-electron chi connectivity index (χ1n) is 7.04. The second-order valence-electron chi connectivity index (χ2n) is 5.09. The monoisotopic (exact) mass is 338 g/mol. The molecule has 1 saturated heterocycles. The van der Waals surface area contributed by atoms with Gasteiger partial charge >= 0.3 is 0 Å². The summed E-state index contributed by atoms with van der Waals surface area (Å²) in [5.74, 6) is -0.345. The lowest BCUT2D eigenvalue weighted by Crippen LogP contribution is -2.37. The molecule has 5 nitrogen and oxygen atoms in total. The van der Waals surface area contributed by atoms with Crippen LogP contribution in [0.5, 0.6) is 0 Å². The predicted octanol–water partition coefficient (Wildman–Crippen LogP) is 1.68. The average Bonchev–Trinajstić information content (AvgIpc) is 2.92. The number of nitrogens with two attached hydrogens (primary N) is 1. The van der Waals surface area contributed by atoms with Crippen molar-refractivity contribution in [3.05, 3.63) is 35.5 Å². The summed E-state index contributed by atoms with van der Waals surface area (Å²) in [5.41, 5.74) is 7.48. The molecule has 2 N–H and O–H groups in total. The number of morpholine rings is 1. The first-order valence-corrected chi connectivity index (χ1v) is 8.19. The van der Waals surface area contributed by atoms with Crippen molar-refractivity contribution in [2.45, 2.75) is 6.54 Å². The fourth-order valence-electron chi connectivity index (χ4n) is 2.44. The van der Waals surface area contributed by atoms with E-state index in [0.717, 1.165) is 29.2 Å². The molecule has 0 spiro atoms. The molecule has 0 unspecified atom stereocenters. The first kappa shape index (κ1) is 15.3. The molecule has 7 heteroatoms. The van der Waals surface area contributed by atoms with Gasteiger partial charge in [0.05, 0.1) is 18.8 Å². The second kappa shape index (κ2) is 6.64. The number of anilines is 1. The molecule has 1 aromatic carbocycles. The molecule has 116 valence electrons. The SMILES string of the molecule is NC(=O)C[n+]1cc(-c2ccc(Cl)cc2)c(N2CCOCC2)s1. The summed E-state index contributed by atoms with van der Waals surface area (Å²) < 4.78 is 7.29. The second-order valence-corrected chi connectivity index (χ2v) is 6.56. The number of carbonyl (C=O) groups excluding carboxylic acids is 1. The van der Waals surface area contributed by atoms with Gasteiger partial charge in [-0.2, -0.15) is 0 Å². The quantitative estimate of drug-likeness (QED) is 0.863. The van der Waals surface area contributed by atoms with Crippen molar-refractivity contribution >= 4 is 34.0 Å². The van der Waals surface area contributed by atoms with Crippen LogP contribution in [0.25, 0.3) is 11.1 Å². The van der Waals surface area contributed by atoms with Crippen molar-refractivity contribution in [3.8, 4) is 11.1 Å². The van der Waals surface area contributed by atoms with Gasteiger partial charge < -0.3 is 15.4 Å². The van der Waals surface area contributed by atoms with Gasteiger partial charge in [-0.3, -0.25) is 4.79 Å². The minimum atomic E-state index is -0.345. The summed E-state index contributed by atoms with van der Waals surface area (Å²) >= 11 is 7.52. The molecule has 0 aliphatic carbocycles. The van der Waals surface area contributed by atoms with Gasteiger partial charge in [-0.25, -0.2) is 0 Å². The van der Waals surface area contributed by atoms with Crippen LogP contribution in [-0.4, -0.2) is 32.2 Å². The summed E-state index contributed by atoms with van der Waals surface area (Å²) in [5, 5.41) is 1.84. The number of carbonyl (C=O) groups is 1. The Kier molecular flexibility index (Phi) is 4.61. The Bertz CT molecular complexity index is 666. The van der Waals surface area contributed by atoms with Gasteiger partial charge in [0.25, 0.3) is 5.91 Å². The fraction of sp³-hybridized carbons (Fsp3) is 0.333. The maximum absolute atomic E-state index is 11.2. The Morgan fingerprint density at radius 3 is 2.64 bits per heavy atom. The molecule has 1 fully saturated rings. The molecule has 3 rings (SSSR count). The molecule has 0 saturated carbocycles. The van der Waals surface area contributed by atoms with Gasteiger partial charge in [-0.15, -0.1) is 3.96 Å². The number of amides is 1. The lowest BCUT2D eigenvalue weighted by molar-refractivity contribution is -0.614. The lowest BCUT2D eigenvalue weighted by atomic mass is 10.1. The Morgan fingerprint density at radius 2 is 2.00 bits per heavy atom. The number of aromatic nitrogens is 1. The highest BCUT2D eigenvalue weighted by molar-refractivity contribution is 7.07. The standard InChI is InChI=1S/C15H16ClN3O2S/c16-12-3-1-11(2-4-12)13-9-19(10-14(17)20)22-15(13)18-5-7-21-8-6-18/h1-4,9H,5-8,10H2,(H-,17,20)/p+1. The highest BCUT2D eigenvalue weighted by Gasteiger charge is 2.25. The van der Waals surface area contributed by atoms with E-state index in [2.05, 4.69) is 4.90 Å². The number of primary amides is 1. The van der Waals surface area contributed by atoms with Crippen molar-refractivity contribution < 1.29 is 13.5 Å². The van der Waals surface area contributed by atoms with Gasteiger partial charge in [0.15, 0.2) is 22.7 Å². The minimum Gasteiger partial charge on any atom is -0.378 e. The zero-order valence-corrected chi connectivity index (χ0v) is 13.6. The number of benzene rings is 1. The zero-order valence-electron chi connectivity index (χ0n) is 12.0. The van der Waals surface area contributed by atoms with Gasteiger partial charge in [-0.05, 0) is 17.7 Å². The summed E-state index contributed by atoms with van der Waals surface area (Å²) in [6.45, 7) is 3.31. The van der Waals surface area contributed by atoms with E-state index in [4.69, 9.17) is 22.1 Å². The van der Waals surface area contributed by atoms with E-state index in [1.807, 2.05) is 34.4 Å². The first-order chi connectivity index (χ1) is 10.6. The Labute approximate surface area is 138 Å². The third kappa shape index (κ3) is 3.40. The molecule has 1 aliphatic heterocycles. The highest BCUT2D eigenvalue weighted by atomic mass is 35.5. The highest BCUT2D eigenvalue weighted by Crippen LogP contribution is 2.34. The van der Waals surface area contributed by atoms with Crippen molar-refractivity contribution in [1.82, 2.24) is 0 Å². The van der Waals surface area contributed by atoms with E-state index in [9.17, 15) is 4.79 Å². The van der Waals surface area contributed by atoms with Crippen molar-refractivity contribution in [1.29, 1.82) is 0 Å². The van der Waals surface area contributed by atoms with E-state index < -0.39 is 0 Å². The fourth-order valence-corrected chi connectivity index (χ4v) is 3.70. The normalized spacial score (nSPS) is 15.0. The van der Waals surface area contributed by atoms with Gasteiger partial charge in [0.2, 0.25) is 6.54 Å². The smallest absolute Gasteiger partial charge is 0.284 e. The molecule has 2 aromatic rings.